The molecular formula is C25H27FN6O3. The summed E-state index contributed by atoms with van der Waals surface area (Å²) in [5.41, 5.74) is 2.02. The van der Waals surface area contributed by atoms with Gasteiger partial charge in [0.05, 0.1) is 17.8 Å². The van der Waals surface area contributed by atoms with Gasteiger partial charge < -0.3 is 24.8 Å². The number of aromatic nitrogens is 4. The third-order valence-electron chi connectivity index (χ3n) is 7.17. The van der Waals surface area contributed by atoms with E-state index < -0.39 is 6.17 Å². The smallest absolute Gasteiger partial charge is 0.257 e. The molecular weight excluding hydrogens is 451 g/mol. The highest BCUT2D eigenvalue weighted by Crippen LogP contribution is 2.36. The molecule has 0 radical (unpaired) electrons. The maximum atomic E-state index is 15.1. The highest BCUT2D eigenvalue weighted by molar-refractivity contribution is 5.73. The monoisotopic (exact) mass is 478 g/mol. The maximum Gasteiger partial charge on any atom is 0.257 e. The van der Waals surface area contributed by atoms with Gasteiger partial charge in [-0.05, 0) is 43.0 Å². The van der Waals surface area contributed by atoms with Crippen LogP contribution in [0.5, 0.6) is 17.4 Å². The molecule has 0 aliphatic carbocycles. The number of hydrogen-bond acceptors (Lipinski definition) is 9. The minimum Gasteiger partial charge on any atom is -0.507 e. The van der Waals surface area contributed by atoms with Crippen molar-refractivity contribution in [3.63, 3.8) is 0 Å². The van der Waals surface area contributed by atoms with Gasteiger partial charge >= 0.3 is 0 Å². The van der Waals surface area contributed by atoms with Gasteiger partial charge in [-0.15, -0.1) is 10.2 Å². The van der Waals surface area contributed by atoms with E-state index in [0.717, 1.165) is 36.8 Å². The van der Waals surface area contributed by atoms with Gasteiger partial charge in [0.2, 0.25) is 0 Å². The zero-order valence-electron chi connectivity index (χ0n) is 19.4. The van der Waals surface area contributed by atoms with Crippen molar-refractivity contribution in [3.8, 4) is 39.9 Å². The molecule has 2 saturated heterocycles. The summed E-state index contributed by atoms with van der Waals surface area (Å²) in [7, 11) is 1.84. The Kier molecular flexibility index (Phi) is 5.60. The number of halogens is 1. The normalized spacial score (nSPS) is 25.2. The van der Waals surface area contributed by atoms with Crippen LogP contribution in [0.4, 0.5) is 10.2 Å². The van der Waals surface area contributed by atoms with Crippen LogP contribution in [0.25, 0.3) is 22.5 Å². The number of phenols is 1. The van der Waals surface area contributed by atoms with Crippen LogP contribution >= 0.6 is 0 Å². The lowest BCUT2D eigenvalue weighted by atomic mass is 9.82. The lowest BCUT2D eigenvalue weighted by Crippen LogP contribution is -2.61. The van der Waals surface area contributed by atoms with Gasteiger partial charge in [-0.3, -0.25) is 0 Å². The van der Waals surface area contributed by atoms with Crippen molar-refractivity contribution in [1.29, 1.82) is 0 Å². The molecule has 0 spiro atoms. The number of nitrogens with one attached hydrogen (secondary N) is 1. The largest absolute Gasteiger partial charge is 0.507 e. The summed E-state index contributed by atoms with van der Waals surface area (Å²) in [6.45, 7) is 0.952. The van der Waals surface area contributed by atoms with E-state index in [4.69, 9.17) is 9.47 Å². The SMILES string of the molecule is CN(c1cnc(-c2ccc(-c3cnc4c(c3)OCCO4)cc2O)nn1)[C@H]1C[C@@H]2CCC[C@@H](N2)[C@H]1F. The molecule has 5 heterocycles. The molecule has 35 heavy (non-hydrogen) atoms. The number of benzene rings is 1. The number of rotatable bonds is 4. The predicted octanol–water partition coefficient (Wildman–Crippen LogP) is 3.13. The van der Waals surface area contributed by atoms with Crippen LogP contribution in [-0.4, -0.2) is 69.8 Å². The van der Waals surface area contributed by atoms with Crippen molar-refractivity contribution >= 4 is 5.82 Å². The minimum atomic E-state index is -0.968. The summed E-state index contributed by atoms with van der Waals surface area (Å²) >= 11 is 0. The molecule has 3 aliphatic heterocycles. The Balaban J connectivity index is 1.21. The van der Waals surface area contributed by atoms with Crippen LogP contribution < -0.4 is 19.7 Å². The van der Waals surface area contributed by atoms with Gasteiger partial charge in [0.25, 0.3) is 5.88 Å². The second-order valence-electron chi connectivity index (χ2n) is 9.36. The van der Waals surface area contributed by atoms with Crippen molar-refractivity contribution < 1.29 is 19.0 Å². The van der Waals surface area contributed by atoms with Gasteiger partial charge in [-0.25, -0.2) is 14.4 Å². The lowest BCUT2D eigenvalue weighted by molar-refractivity contribution is 0.107. The third kappa shape index (κ3) is 4.12. The van der Waals surface area contributed by atoms with E-state index in [1.807, 2.05) is 24.1 Å². The van der Waals surface area contributed by atoms with E-state index >= 15 is 4.39 Å². The van der Waals surface area contributed by atoms with Crippen LogP contribution in [0.1, 0.15) is 25.7 Å². The fraction of sp³-hybridized carbons (Fsp3) is 0.440. The molecule has 0 amide bonds. The Morgan fingerprint density at radius 1 is 1.06 bits per heavy atom. The quantitative estimate of drug-likeness (QED) is 0.585. The highest BCUT2D eigenvalue weighted by Gasteiger charge is 2.42. The topological polar surface area (TPSA) is 106 Å². The Morgan fingerprint density at radius 3 is 2.77 bits per heavy atom. The molecule has 0 unspecified atom stereocenters. The lowest BCUT2D eigenvalue weighted by Gasteiger charge is -2.45. The molecule has 1 aromatic carbocycles. The van der Waals surface area contributed by atoms with E-state index in [0.29, 0.717) is 48.1 Å². The molecule has 9 nitrogen and oxygen atoms in total. The predicted molar refractivity (Wildman–Crippen MR) is 127 cm³/mol. The molecule has 4 atom stereocenters. The zero-order chi connectivity index (χ0) is 23.9. The molecule has 2 bridgehead atoms. The Labute approximate surface area is 202 Å². The maximum absolute atomic E-state index is 15.1. The van der Waals surface area contributed by atoms with Crippen LogP contribution in [0.15, 0.2) is 36.7 Å². The number of piperidine rings is 2. The number of ether oxygens (including phenoxy) is 2. The minimum absolute atomic E-state index is 0.0234. The summed E-state index contributed by atoms with van der Waals surface area (Å²) in [5, 5.41) is 22.6. The van der Waals surface area contributed by atoms with Crippen LogP contribution in [0, 0.1) is 0 Å². The van der Waals surface area contributed by atoms with Crippen molar-refractivity contribution in [2.75, 3.05) is 25.2 Å². The average Bonchev–Trinajstić information content (AvgIpc) is 2.90. The third-order valence-corrected chi connectivity index (χ3v) is 7.17. The number of nitrogens with zero attached hydrogens (tertiary/aromatic N) is 5. The zero-order valence-corrected chi connectivity index (χ0v) is 19.4. The fourth-order valence-corrected chi connectivity index (χ4v) is 5.27. The van der Waals surface area contributed by atoms with Crippen LogP contribution in [0.3, 0.4) is 0 Å². The number of alkyl halides is 1. The number of fused-ring (bicyclic) bond motifs is 3. The van der Waals surface area contributed by atoms with Gasteiger partial charge in [-0.2, -0.15) is 0 Å². The van der Waals surface area contributed by atoms with Crippen molar-refractivity contribution in [2.24, 2.45) is 0 Å². The molecule has 2 aromatic heterocycles. The summed E-state index contributed by atoms with van der Waals surface area (Å²) in [6, 6.07) is 7.04. The standard InChI is InChI=1S/C25H27FN6O3/c1-32(19-11-16-3-2-4-18(29-16)23(19)26)22-13-27-24(31-30-22)17-6-5-14(9-20(17)33)15-10-21-25(28-12-15)35-8-7-34-21/h5-6,9-10,12-13,16,18-19,23,29,33H,2-4,7-8,11H2,1H3/t16-,18+,19-,23+/m0/s1. The highest BCUT2D eigenvalue weighted by atomic mass is 19.1. The first-order valence-corrected chi connectivity index (χ1v) is 12.0. The van der Waals surface area contributed by atoms with E-state index in [9.17, 15) is 5.11 Å². The first-order chi connectivity index (χ1) is 17.1. The molecule has 10 heteroatoms. The Morgan fingerprint density at radius 2 is 1.94 bits per heavy atom. The Bertz CT molecular complexity index is 1230. The first-order valence-electron chi connectivity index (χ1n) is 12.0. The number of phenolic OH excluding ortho intramolecular Hbond substituents is 1. The van der Waals surface area contributed by atoms with E-state index in [2.05, 4.69) is 25.5 Å². The molecule has 3 aromatic rings. The van der Waals surface area contributed by atoms with Gasteiger partial charge in [0.15, 0.2) is 17.4 Å². The first kappa shape index (κ1) is 22.0. The Hall–Kier alpha value is -3.53. The van der Waals surface area contributed by atoms with E-state index in [1.165, 1.54) is 0 Å². The van der Waals surface area contributed by atoms with Crippen molar-refractivity contribution in [3.05, 3.63) is 36.7 Å². The van der Waals surface area contributed by atoms with Gasteiger partial charge in [0, 0.05) is 30.9 Å². The average molecular weight is 479 g/mol. The van der Waals surface area contributed by atoms with E-state index in [1.54, 1.807) is 24.5 Å². The second kappa shape index (κ2) is 8.92. The molecule has 3 aliphatic rings. The second-order valence-corrected chi connectivity index (χ2v) is 9.36. The summed E-state index contributed by atoms with van der Waals surface area (Å²) in [6.07, 6.45) is 6.04. The summed E-state index contributed by atoms with van der Waals surface area (Å²) < 4.78 is 26.2. The summed E-state index contributed by atoms with van der Waals surface area (Å²) in [5.74, 6) is 1.88. The molecule has 6 rings (SSSR count). The number of aromatic hydroxyl groups is 1. The van der Waals surface area contributed by atoms with Gasteiger partial charge in [-0.1, -0.05) is 12.5 Å². The van der Waals surface area contributed by atoms with Crippen molar-refractivity contribution in [1.82, 2.24) is 25.5 Å². The number of hydrogen-bond donors (Lipinski definition) is 2. The summed E-state index contributed by atoms with van der Waals surface area (Å²) in [4.78, 5) is 10.6. The van der Waals surface area contributed by atoms with Gasteiger partial charge in [0.1, 0.15) is 25.1 Å². The van der Waals surface area contributed by atoms with Crippen molar-refractivity contribution in [2.45, 2.75) is 50.0 Å². The molecule has 0 saturated carbocycles. The number of pyridine rings is 1. The van der Waals surface area contributed by atoms with Crippen LogP contribution in [-0.2, 0) is 0 Å². The molecule has 182 valence electrons. The fourth-order valence-electron chi connectivity index (χ4n) is 5.27. The van der Waals surface area contributed by atoms with E-state index in [-0.39, 0.29) is 17.8 Å². The van der Waals surface area contributed by atoms with Crippen LogP contribution in [0.2, 0.25) is 0 Å². The molecule has 2 N–H and O–H groups in total. The molecule has 2 fully saturated rings. The number of anilines is 1.